The summed E-state index contributed by atoms with van der Waals surface area (Å²) in [5, 5.41) is 0. The minimum absolute atomic E-state index is 0.151. The van der Waals surface area contributed by atoms with Crippen molar-refractivity contribution < 1.29 is 0 Å². The molecule has 2 aliphatic rings. The van der Waals surface area contributed by atoms with E-state index in [-0.39, 0.29) is 5.41 Å². The first kappa shape index (κ1) is 30.1. The first-order valence-electron chi connectivity index (χ1n) is 16.9. The standard InChI is InChI=1S/C41H56/c1-8-32-26-37(35-20-18-34(19-21-35)33-16-12-28(2)13-17-33)23-22-36(32)24-31-15-14-29(3)39(25-31)27-38-11-9-10-30(4)40(38)41(5,6)7/h9-11,14-15,22-23,25-26,28,33-35H,8,12-13,16-21,24,27H2,1-7H3. The van der Waals surface area contributed by atoms with Gasteiger partial charge in [-0.2, -0.15) is 0 Å². The smallest absolute Gasteiger partial charge is 0.00200 e. The monoisotopic (exact) mass is 548 g/mol. The lowest BCUT2D eigenvalue weighted by atomic mass is 9.68. The molecule has 0 heteroatoms. The van der Waals surface area contributed by atoms with Crippen molar-refractivity contribution in [3.63, 3.8) is 0 Å². The molecule has 2 fully saturated rings. The Morgan fingerprint density at radius 2 is 1.32 bits per heavy atom. The maximum Gasteiger partial charge on any atom is -0.00200 e. The highest BCUT2D eigenvalue weighted by Gasteiger charge is 2.30. The minimum atomic E-state index is 0.151. The summed E-state index contributed by atoms with van der Waals surface area (Å²) in [4.78, 5) is 0. The lowest BCUT2D eigenvalue weighted by molar-refractivity contribution is 0.165. The second kappa shape index (κ2) is 12.9. The van der Waals surface area contributed by atoms with Gasteiger partial charge in [0.15, 0.2) is 0 Å². The highest BCUT2D eigenvalue weighted by molar-refractivity contribution is 5.45. The Labute approximate surface area is 252 Å². The number of hydrogen-bond donors (Lipinski definition) is 0. The second-order valence-corrected chi connectivity index (χ2v) is 15.0. The van der Waals surface area contributed by atoms with Crippen LogP contribution in [0.2, 0.25) is 0 Å². The van der Waals surface area contributed by atoms with Gasteiger partial charge >= 0.3 is 0 Å². The molecule has 0 atom stereocenters. The summed E-state index contributed by atoms with van der Waals surface area (Å²) in [5.74, 6) is 3.75. The fraction of sp³-hybridized carbons (Fsp3) is 0.561. The first-order valence-corrected chi connectivity index (χ1v) is 16.9. The van der Waals surface area contributed by atoms with Crippen molar-refractivity contribution in [3.05, 3.63) is 105 Å². The molecular weight excluding hydrogens is 492 g/mol. The van der Waals surface area contributed by atoms with E-state index in [1.807, 2.05) is 0 Å². The number of rotatable bonds is 7. The summed E-state index contributed by atoms with van der Waals surface area (Å²) >= 11 is 0. The predicted octanol–water partition coefficient (Wildman–Crippen LogP) is 11.4. The van der Waals surface area contributed by atoms with Gasteiger partial charge in [0.25, 0.3) is 0 Å². The molecule has 0 spiro atoms. The van der Waals surface area contributed by atoms with Crippen molar-refractivity contribution in [2.45, 2.75) is 130 Å². The molecule has 0 bridgehead atoms. The molecular formula is C41H56. The van der Waals surface area contributed by atoms with Gasteiger partial charge in [0.1, 0.15) is 0 Å². The van der Waals surface area contributed by atoms with Crippen molar-refractivity contribution in [1.29, 1.82) is 0 Å². The summed E-state index contributed by atoms with van der Waals surface area (Å²) < 4.78 is 0. The molecule has 0 aromatic heterocycles. The van der Waals surface area contributed by atoms with Crippen LogP contribution in [-0.2, 0) is 24.7 Å². The zero-order valence-corrected chi connectivity index (χ0v) is 27.3. The van der Waals surface area contributed by atoms with Crippen LogP contribution in [0.1, 0.15) is 142 Å². The molecule has 0 saturated heterocycles. The van der Waals surface area contributed by atoms with Crippen molar-refractivity contribution in [3.8, 4) is 0 Å². The Kier molecular flexibility index (Phi) is 9.47. The highest BCUT2D eigenvalue weighted by atomic mass is 14.4. The molecule has 3 aromatic rings. The molecule has 0 aliphatic heterocycles. The summed E-state index contributed by atoms with van der Waals surface area (Å²) in [6.07, 6.45) is 14.8. The first-order chi connectivity index (χ1) is 19.6. The van der Waals surface area contributed by atoms with E-state index in [1.165, 1.54) is 90.3 Å². The van der Waals surface area contributed by atoms with Crippen molar-refractivity contribution in [2.75, 3.05) is 0 Å². The Morgan fingerprint density at radius 3 is 1.98 bits per heavy atom. The van der Waals surface area contributed by atoms with E-state index >= 15 is 0 Å². The molecule has 0 amide bonds. The molecule has 41 heavy (non-hydrogen) atoms. The molecule has 0 radical (unpaired) electrons. The largest absolute Gasteiger partial charge is 0.0625 e. The Hall–Kier alpha value is -2.34. The average Bonchev–Trinajstić information content (AvgIpc) is 2.95. The van der Waals surface area contributed by atoms with Gasteiger partial charge in [-0.15, -0.1) is 0 Å². The predicted molar refractivity (Wildman–Crippen MR) is 178 cm³/mol. The second-order valence-electron chi connectivity index (χ2n) is 15.0. The van der Waals surface area contributed by atoms with Crippen molar-refractivity contribution in [2.24, 2.45) is 17.8 Å². The van der Waals surface area contributed by atoms with Gasteiger partial charge in [-0.1, -0.05) is 102 Å². The van der Waals surface area contributed by atoms with Crippen LogP contribution < -0.4 is 0 Å². The number of hydrogen-bond acceptors (Lipinski definition) is 0. The summed E-state index contributed by atoms with van der Waals surface area (Å²) in [6.45, 7) is 16.4. The summed E-state index contributed by atoms with van der Waals surface area (Å²) in [5.41, 5.74) is 13.5. The van der Waals surface area contributed by atoms with E-state index in [4.69, 9.17) is 0 Å². The lowest BCUT2D eigenvalue weighted by Gasteiger charge is -2.37. The molecule has 2 aliphatic carbocycles. The van der Waals surface area contributed by atoms with Crippen LogP contribution in [0, 0.1) is 31.6 Å². The quantitative estimate of drug-likeness (QED) is 0.275. The zero-order valence-electron chi connectivity index (χ0n) is 27.3. The Balaban J connectivity index is 1.28. The highest BCUT2D eigenvalue weighted by Crippen LogP contribution is 2.44. The van der Waals surface area contributed by atoms with Gasteiger partial charge in [-0.25, -0.2) is 0 Å². The Bertz CT molecular complexity index is 1300. The van der Waals surface area contributed by atoms with Crippen LogP contribution in [0.5, 0.6) is 0 Å². The third-order valence-corrected chi connectivity index (χ3v) is 10.9. The molecule has 0 heterocycles. The van der Waals surface area contributed by atoms with Crippen LogP contribution in [0.4, 0.5) is 0 Å². The van der Waals surface area contributed by atoms with E-state index in [1.54, 1.807) is 11.1 Å². The van der Waals surface area contributed by atoms with E-state index in [2.05, 4.69) is 103 Å². The van der Waals surface area contributed by atoms with Crippen molar-refractivity contribution >= 4 is 0 Å². The molecule has 0 N–H and O–H groups in total. The normalized spacial score (nSPS) is 23.5. The fourth-order valence-electron chi connectivity index (χ4n) is 8.48. The van der Waals surface area contributed by atoms with E-state index in [0.29, 0.717) is 0 Å². The topological polar surface area (TPSA) is 0 Å². The van der Waals surface area contributed by atoms with E-state index in [0.717, 1.165) is 42.9 Å². The third-order valence-electron chi connectivity index (χ3n) is 10.9. The third kappa shape index (κ3) is 7.18. The van der Waals surface area contributed by atoms with Gasteiger partial charge in [-0.05, 0) is 151 Å². The van der Waals surface area contributed by atoms with Crippen LogP contribution in [0.25, 0.3) is 0 Å². The SMILES string of the molecule is CCc1cc(C2CCC(C3CCC(C)CC3)CC2)ccc1Cc1ccc(C)c(Cc2cccc(C)c2C(C)(C)C)c1. The molecule has 2 saturated carbocycles. The molecule has 0 nitrogen and oxygen atoms in total. The van der Waals surface area contributed by atoms with Crippen LogP contribution in [0.15, 0.2) is 54.6 Å². The Morgan fingerprint density at radius 1 is 0.634 bits per heavy atom. The number of benzene rings is 3. The minimum Gasteiger partial charge on any atom is -0.0625 e. The van der Waals surface area contributed by atoms with Crippen molar-refractivity contribution in [1.82, 2.24) is 0 Å². The van der Waals surface area contributed by atoms with Gasteiger partial charge in [0, 0.05) is 0 Å². The summed E-state index contributed by atoms with van der Waals surface area (Å²) in [7, 11) is 0. The van der Waals surface area contributed by atoms with Gasteiger partial charge < -0.3 is 0 Å². The van der Waals surface area contributed by atoms with Gasteiger partial charge in [-0.3, -0.25) is 0 Å². The van der Waals surface area contributed by atoms with Crippen LogP contribution >= 0.6 is 0 Å². The molecule has 220 valence electrons. The van der Waals surface area contributed by atoms with Crippen LogP contribution in [-0.4, -0.2) is 0 Å². The molecule has 5 rings (SSSR count). The summed E-state index contributed by atoms with van der Waals surface area (Å²) in [6, 6.07) is 21.6. The molecule has 3 aromatic carbocycles. The lowest BCUT2D eigenvalue weighted by Crippen LogP contribution is -2.24. The van der Waals surface area contributed by atoms with Crippen LogP contribution in [0.3, 0.4) is 0 Å². The van der Waals surface area contributed by atoms with Gasteiger partial charge in [0.2, 0.25) is 0 Å². The maximum atomic E-state index is 2.58. The van der Waals surface area contributed by atoms with E-state index in [9.17, 15) is 0 Å². The number of aryl methyl sites for hydroxylation is 3. The maximum absolute atomic E-state index is 2.58. The zero-order chi connectivity index (χ0) is 29.1. The average molecular weight is 549 g/mol. The van der Waals surface area contributed by atoms with Gasteiger partial charge in [0.05, 0.1) is 0 Å². The fourth-order valence-corrected chi connectivity index (χ4v) is 8.48. The van der Waals surface area contributed by atoms with E-state index < -0.39 is 0 Å². The molecule has 0 unspecified atom stereocenters.